The number of fused-ring (bicyclic) bond motifs is 2. The van der Waals surface area contributed by atoms with E-state index in [1.807, 2.05) is 7.05 Å². The first kappa shape index (κ1) is 18.5. The Morgan fingerprint density at radius 3 is 2.89 bits per heavy atom. The van der Waals surface area contributed by atoms with Crippen LogP contribution in [0.2, 0.25) is 0 Å². The molecule has 0 amide bonds. The summed E-state index contributed by atoms with van der Waals surface area (Å²) in [5.74, 6) is 2.02. The van der Waals surface area contributed by atoms with Crippen LogP contribution in [0, 0.1) is 17.8 Å². The molecule has 7 nitrogen and oxygen atoms in total. The summed E-state index contributed by atoms with van der Waals surface area (Å²) >= 11 is 0. The molecule has 27 heavy (non-hydrogen) atoms. The van der Waals surface area contributed by atoms with Crippen LogP contribution >= 0.6 is 0 Å². The van der Waals surface area contributed by atoms with Crippen molar-refractivity contribution in [1.29, 1.82) is 0 Å². The van der Waals surface area contributed by atoms with E-state index in [1.54, 1.807) is 5.57 Å². The van der Waals surface area contributed by atoms with Gasteiger partial charge in [0.2, 0.25) is 0 Å². The summed E-state index contributed by atoms with van der Waals surface area (Å²) in [5.41, 5.74) is 1.63. The molecular formula is C20H35N5O2. The maximum atomic E-state index is 6.05. The van der Waals surface area contributed by atoms with E-state index in [1.165, 1.54) is 13.0 Å². The molecule has 2 aliphatic carbocycles. The van der Waals surface area contributed by atoms with E-state index in [0.29, 0.717) is 31.0 Å². The topological polar surface area (TPSA) is 78.6 Å². The van der Waals surface area contributed by atoms with Crippen molar-refractivity contribution >= 4 is 0 Å². The Labute approximate surface area is 162 Å². The van der Waals surface area contributed by atoms with Crippen LogP contribution in [-0.4, -0.2) is 63.7 Å². The van der Waals surface area contributed by atoms with Gasteiger partial charge in [0.1, 0.15) is 13.1 Å². The average molecular weight is 378 g/mol. The van der Waals surface area contributed by atoms with Gasteiger partial charge in [-0.1, -0.05) is 11.6 Å². The molecule has 0 aromatic carbocycles. The maximum absolute atomic E-state index is 6.05. The Morgan fingerprint density at radius 1 is 1.11 bits per heavy atom. The number of nitrogens with one attached hydrogen (secondary N) is 5. The summed E-state index contributed by atoms with van der Waals surface area (Å²) < 4.78 is 12.0. The smallest absolute Gasteiger partial charge is 0.147 e. The minimum Gasteiger partial charge on any atom is -0.349 e. The van der Waals surface area contributed by atoms with Gasteiger partial charge in [0.25, 0.3) is 0 Å². The highest BCUT2D eigenvalue weighted by Gasteiger charge is 2.46. The Morgan fingerprint density at radius 2 is 2.04 bits per heavy atom. The molecule has 0 bridgehead atoms. The van der Waals surface area contributed by atoms with Crippen LogP contribution < -0.4 is 26.6 Å². The maximum Gasteiger partial charge on any atom is 0.147 e. The predicted octanol–water partition coefficient (Wildman–Crippen LogP) is 0.0623. The zero-order valence-electron chi connectivity index (χ0n) is 16.5. The molecule has 5 N–H and O–H groups in total. The van der Waals surface area contributed by atoms with Gasteiger partial charge in [-0.15, -0.1) is 0 Å². The van der Waals surface area contributed by atoms with Crippen LogP contribution in [0.4, 0.5) is 0 Å². The fourth-order valence-corrected chi connectivity index (χ4v) is 5.95. The van der Waals surface area contributed by atoms with E-state index in [-0.39, 0.29) is 18.5 Å². The lowest BCUT2D eigenvalue weighted by Crippen LogP contribution is -2.68. The summed E-state index contributed by atoms with van der Waals surface area (Å²) in [4.78, 5) is 0. The Balaban J connectivity index is 1.27. The van der Waals surface area contributed by atoms with Crippen LogP contribution in [-0.2, 0) is 9.47 Å². The third-order valence-corrected chi connectivity index (χ3v) is 7.31. The molecule has 9 atom stereocenters. The average Bonchev–Trinajstić information content (AvgIpc) is 3.36. The van der Waals surface area contributed by atoms with E-state index in [9.17, 15) is 0 Å². The summed E-state index contributed by atoms with van der Waals surface area (Å²) in [6.45, 7) is 5.03. The lowest BCUT2D eigenvalue weighted by molar-refractivity contribution is 0.0311. The molecule has 4 fully saturated rings. The molecule has 5 aliphatic rings. The zero-order chi connectivity index (χ0) is 18.4. The summed E-state index contributed by atoms with van der Waals surface area (Å²) in [6.07, 6.45) is 8.01. The zero-order valence-corrected chi connectivity index (χ0v) is 16.5. The van der Waals surface area contributed by atoms with Crippen LogP contribution in [0.3, 0.4) is 0 Å². The second-order valence-electron chi connectivity index (χ2n) is 9.17. The number of hydrogen-bond donors (Lipinski definition) is 5. The van der Waals surface area contributed by atoms with Crippen LogP contribution in [0.1, 0.15) is 32.6 Å². The van der Waals surface area contributed by atoms with Crippen molar-refractivity contribution < 1.29 is 9.47 Å². The first-order valence-electron chi connectivity index (χ1n) is 10.8. The monoisotopic (exact) mass is 377 g/mol. The van der Waals surface area contributed by atoms with E-state index < -0.39 is 0 Å². The van der Waals surface area contributed by atoms with Gasteiger partial charge in [-0.05, 0) is 58.0 Å². The van der Waals surface area contributed by atoms with E-state index in [4.69, 9.17) is 9.47 Å². The standard InChI is InChI=1S/C20H35N5O2/c1-11-3-18(21-2)25-20(23-11)24-15-6-16(19-17(7-15)26-10-27-19)12-4-13-8-22-9-14(13)5-12/h4,11,13-25H,3,5-10H2,1-2H3/t11?,13-,14+,15?,16?,17?,18?,19?,20?/m0/s1. The van der Waals surface area contributed by atoms with E-state index >= 15 is 0 Å². The molecule has 0 spiro atoms. The van der Waals surface area contributed by atoms with Crippen molar-refractivity contribution in [2.75, 3.05) is 26.9 Å². The molecule has 3 heterocycles. The molecule has 7 heteroatoms. The second-order valence-corrected chi connectivity index (χ2v) is 9.17. The molecule has 152 valence electrons. The lowest BCUT2D eigenvalue weighted by Gasteiger charge is -2.42. The number of ether oxygens (including phenoxy) is 2. The molecule has 0 aromatic rings. The van der Waals surface area contributed by atoms with Crippen LogP contribution in [0.25, 0.3) is 0 Å². The first-order chi connectivity index (χ1) is 13.2. The molecule has 0 aromatic heterocycles. The highest BCUT2D eigenvalue weighted by Crippen LogP contribution is 2.44. The normalized spacial score (nSPS) is 49.7. The lowest BCUT2D eigenvalue weighted by atomic mass is 9.76. The Kier molecular flexibility index (Phi) is 5.28. The number of rotatable bonds is 4. The van der Waals surface area contributed by atoms with Gasteiger partial charge in [-0.2, -0.15) is 0 Å². The van der Waals surface area contributed by atoms with Crippen molar-refractivity contribution in [3.8, 4) is 0 Å². The summed E-state index contributed by atoms with van der Waals surface area (Å²) in [7, 11) is 2.02. The van der Waals surface area contributed by atoms with Crippen LogP contribution in [0.15, 0.2) is 11.6 Å². The summed E-state index contributed by atoms with van der Waals surface area (Å²) in [6, 6.07) is 0.925. The van der Waals surface area contributed by atoms with Gasteiger partial charge in [0.15, 0.2) is 0 Å². The van der Waals surface area contributed by atoms with Crippen LogP contribution in [0.5, 0.6) is 0 Å². The molecular weight excluding hydrogens is 342 g/mol. The predicted molar refractivity (Wildman–Crippen MR) is 104 cm³/mol. The fraction of sp³-hybridized carbons (Fsp3) is 0.900. The fourth-order valence-electron chi connectivity index (χ4n) is 5.95. The van der Waals surface area contributed by atoms with Crippen molar-refractivity contribution in [1.82, 2.24) is 26.6 Å². The van der Waals surface area contributed by atoms with Crippen molar-refractivity contribution in [2.24, 2.45) is 17.8 Å². The van der Waals surface area contributed by atoms with Gasteiger partial charge < -0.3 is 20.1 Å². The third kappa shape index (κ3) is 3.71. The molecule has 1 saturated carbocycles. The third-order valence-electron chi connectivity index (χ3n) is 7.31. The van der Waals surface area contributed by atoms with Crippen molar-refractivity contribution in [2.45, 2.75) is 69.4 Å². The highest BCUT2D eigenvalue weighted by atomic mass is 16.7. The van der Waals surface area contributed by atoms with Crippen molar-refractivity contribution in [3.05, 3.63) is 11.6 Å². The van der Waals surface area contributed by atoms with Gasteiger partial charge in [-0.25, -0.2) is 0 Å². The quantitative estimate of drug-likeness (QED) is 0.444. The van der Waals surface area contributed by atoms with Gasteiger partial charge >= 0.3 is 0 Å². The van der Waals surface area contributed by atoms with Gasteiger partial charge in [0, 0.05) is 24.5 Å². The van der Waals surface area contributed by atoms with Crippen molar-refractivity contribution in [3.63, 3.8) is 0 Å². The summed E-state index contributed by atoms with van der Waals surface area (Å²) in [5, 5.41) is 18.0. The Hall–Kier alpha value is -0.540. The molecule has 7 unspecified atom stereocenters. The Bertz CT molecular complexity index is 573. The SMILES string of the molecule is CNC1CC(C)NC(NC2CC3OCOC3C(C3=C[C@H]4CNC[C@H]4C3)C2)N1. The minimum absolute atomic E-state index is 0.136. The molecule has 5 rings (SSSR count). The molecule has 3 aliphatic heterocycles. The second kappa shape index (κ2) is 7.71. The van der Waals surface area contributed by atoms with E-state index in [2.05, 4.69) is 39.6 Å². The largest absolute Gasteiger partial charge is 0.349 e. The van der Waals surface area contributed by atoms with Gasteiger partial charge in [-0.3, -0.25) is 16.0 Å². The molecule has 0 radical (unpaired) electrons. The first-order valence-corrected chi connectivity index (χ1v) is 10.8. The number of hydrogen-bond acceptors (Lipinski definition) is 7. The highest BCUT2D eigenvalue weighted by molar-refractivity contribution is 5.22. The van der Waals surface area contributed by atoms with E-state index in [0.717, 1.165) is 37.6 Å². The molecule has 3 saturated heterocycles. The minimum atomic E-state index is 0.136. The van der Waals surface area contributed by atoms with Gasteiger partial charge in [0.05, 0.1) is 18.4 Å².